The normalized spacial score (nSPS) is 14.4. The van der Waals surface area contributed by atoms with Crippen molar-refractivity contribution in [2.45, 2.75) is 30.8 Å². The van der Waals surface area contributed by atoms with Crippen molar-refractivity contribution in [1.82, 2.24) is 14.8 Å². The molecule has 1 aliphatic heterocycles. The summed E-state index contributed by atoms with van der Waals surface area (Å²) in [6.45, 7) is 4.07. The summed E-state index contributed by atoms with van der Waals surface area (Å²) in [5, 5.41) is 37.2. The minimum absolute atomic E-state index is 0.105. The summed E-state index contributed by atoms with van der Waals surface area (Å²) in [6.07, 6.45) is 1.70. The lowest BCUT2D eigenvalue weighted by molar-refractivity contribution is -0.00403. The van der Waals surface area contributed by atoms with Crippen LogP contribution in [0, 0.1) is 11.1 Å². The maximum Gasteiger partial charge on any atom is 0.267 e. The molecule has 0 saturated carbocycles. The molecule has 0 bridgehead atoms. The summed E-state index contributed by atoms with van der Waals surface area (Å²) in [6, 6.07) is 34.4. The van der Waals surface area contributed by atoms with Gasteiger partial charge in [0.05, 0.1) is 16.1 Å². The summed E-state index contributed by atoms with van der Waals surface area (Å²) in [5.41, 5.74) is 5.69. The molecule has 0 aromatic heterocycles. The maximum atomic E-state index is 13.7. The van der Waals surface area contributed by atoms with Crippen LogP contribution in [0.15, 0.2) is 120 Å². The van der Waals surface area contributed by atoms with Crippen LogP contribution in [0.3, 0.4) is 0 Å². The third kappa shape index (κ3) is 11.1. The number of rotatable bonds is 17. The average molecular weight is 799 g/mol. The second-order valence-corrected chi connectivity index (χ2v) is 15.9. The topological polar surface area (TPSA) is 164 Å². The van der Waals surface area contributed by atoms with E-state index in [0.29, 0.717) is 68.3 Å². The van der Waals surface area contributed by atoms with Gasteiger partial charge in [0.25, 0.3) is 15.9 Å². The third-order valence-electron chi connectivity index (χ3n) is 9.58. The molecule has 294 valence electrons. The molecule has 1 fully saturated rings. The fraction of sp³-hybridized carbons (Fsp3) is 0.262. The Labute approximate surface area is 333 Å². The summed E-state index contributed by atoms with van der Waals surface area (Å²) >= 11 is 6.10. The van der Waals surface area contributed by atoms with Crippen molar-refractivity contribution in [3.05, 3.63) is 142 Å². The van der Waals surface area contributed by atoms with Crippen molar-refractivity contribution in [1.29, 1.82) is 0 Å². The fourth-order valence-corrected chi connectivity index (χ4v) is 7.62. The highest BCUT2D eigenvalue weighted by Crippen LogP contribution is 2.32. The van der Waals surface area contributed by atoms with Gasteiger partial charge in [0, 0.05) is 68.4 Å². The molecule has 1 aliphatic rings. The van der Waals surface area contributed by atoms with E-state index in [1.807, 2.05) is 66.7 Å². The van der Waals surface area contributed by atoms with Crippen molar-refractivity contribution >= 4 is 50.3 Å². The molecule has 6 N–H and O–H groups in total. The summed E-state index contributed by atoms with van der Waals surface area (Å²) in [4.78, 5) is 11.5. The standard InChI is InChI=1S/C42H47ClN6O6S/c1-49(51,52)41-26-36(16-18-39(41)46-28-31-19-23-55-24-20-31)56(53,54)48-42(50)38-17-15-35(25-40(38)47-27-30-7-3-2-4-8-30)45-22-21-44-29-33-9-5-6-10-37(33)32-11-13-34(43)14-12-32/h2-18,25-26,31,44-47,51H,19-24,27-29H2,1H3,(H,48,50). The van der Waals surface area contributed by atoms with Gasteiger partial charge >= 0.3 is 0 Å². The number of hydrogen-bond donors (Lipinski definition) is 6. The zero-order chi connectivity index (χ0) is 39.5. The molecule has 5 aromatic carbocycles. The molecule has 1 heterocycles. The first-order valence-corrected chi connectivity index (χ1v) is 20.4. The maximum absolute atomic E-state index is 13.7. The molecule has 6 rings (SSSR count). The van der Waals surface area contributed by atoms with Gasteiger partial charge in [-0.05, 0) is 83.5 Å². The van der Waals surface area contributed by atoms with Gasteiger partial charge in [-0.2, -0.15) is 4.81 Å². The molecule has 0 spiro atoms. The molecule has 0 aliphatic carbocycles. The molecule has 1 unspecified atom stereocenters. The fourth-order valence-electron chi connectivity index (χ4n) is 6.51. The van der Waals surface area contributed by atoms with Crippen molar-refractivity contribution in [3.8, 4) is 11.1 Å². The van der Waals surface area contributed by atoms with Crippen LogP contribution in [0.25, 0.3) is 11.1 Å². The Hall–Kier alpha value is -4.99. The Kier molecular flexibility index (Phi) is 13.6. The highest BCUT2D eigenvalue weighted by atomic mass is 35.5. The highest BCUT2D eigenvalue weighted by molar-refractivity contribution is 7.90. The van der Waals surface area contributed by atoms with Crippen molar-refractivity contribution in [2.75, 3.05) is 55.8 Å². The molecule has 1 atom stereocenters. The Balaban J connectivity index is 1.13. The van der Waals surface area contributed by atoms with Crippen LogP contribution >= 0.6 is 11.6 Å². The molecular formula is C42H47ClN6O6S. The highest BCUT2D eigenvalue weighted by Gasteiger charge is 2.26. The molecule has 12 nitrogen and oxygen atoms in total. The quantitative estimate of drug-likeness (QED) is 0.0314. The Morgan fingerprint density at radius 2 is 1.57 bits per heavy atom. The number of anilines is 3. The van der Waals surface area contributed by atoms with Crippen LogP contribution in [0.1, 0.15) is 34.3 Å². The van der Waals surface area contributed by atoms with Crippen LogP contribution < -0.4 is 30.8 Å². The monoisotopic (exact) mass is 798 g/mol. The second kappa shape index (κ2) is 18.8. The number of amides is 1. The van der Waals surface area contributed by atoms with E-state index in [4.69, 9.17) is 16.3 Å². The Morgan fingerprint density at radius 3 is 2.32 bits per heavy atom. The van der Waals surface area contributed by atoms with Crippen molar-refractivity contribution in [2.24, 2.45) is 5.92 Å². The van der Waals surface area contributed by atoms with E-state index in [1.54, 1.807) is 18.2 Å². The number of nitrogens with zero attached hydrogens (tertiary/aromatic N) is 1. The Morgan fingerprint density at radius 1 is 0.839 bits per heavy atom. The van der Waals surface area contributed by atoms with E-state index < -0.39 is 20.7 Å². The first-order valence-electron chi connectivity index (χ1n) is 18.5. The smallest absolute Gasteiger partial charge is 0.267 e. The van der Waals surface area contributed by atoms with Gasteiger partial charge in [-0.1, -0.05) is 78.3 Å². The summed E-state index contributed by atoms with van der Waals surface area (Å²) in [5.74, 6) is -0.555. The number of quaternary nitrogens is 1. The van der Waals surface area contributed by atoms with Gasteiger partial charge < -0.3 is 31.2 Å². The van der Waals surface area contributed by atoms with E-state index in [9.17, 15) is 23.6 Å². The van der Waals surface area contributed by atoms with Crippen molar-refractivity contribution in [3.63, 3.8) is 0 Å². The van der Waals surface area contributed by atoms with Crippen LogP contribution in [0.5, 0.6) is 0 Å². The first kappa shape index (κ1) is 40.7. The zero-order valence-corrected chi connectivity index (χ0v) is 32.7. The van der Waals surface area contributed by atoms with Crippen LogP contribution in [0.2, 0.25) is 5.02 Å². The van der Waals surface area contributed by atoms with Crippen LogP contribution in [-0.2, 0) is 27.8 Å². The Bertz CT molecular complexity index is 2190. The SMILES string of the molecule is C[N+]([O-])(O)c1cc(S(=O)(=O)NC(=O)c2ccc(NCCNCc3ccccc3-c3ccc(Cl)cc3)cc2NCc2ccccc2)ccc1NCC1CCOCC1. The number of halogens is 1. The zero-order valence-electron chi connectivity index (χ0n) is 31.1. The minimum Gasteiger partial charge on any atom is -0.593 e. The average Bonchev–Trinajstić information content (AvgIpc) is 3.20. The third-order valence-corrected chi connectivity index (χ3v) is 11.2. The largest absolute Gasteiger partial charge is 0.593 e. The van der Waals surface area contributed by atoms with Gasteiger partial charge in [-0.15, -0.1) is 0 Å². The summed E-state index contributed by atoms with van der Waals surface area (Å²) in [7, 11) is -3.48. The predicted octanol–water partition coefficient (Wildman–Crippen LogP) is 7.60. The number of hydrogen-bond acceptors (Lipinski definition) is 10. The van der Waals surface area contributed by atoms with E-state index in [0.717, 1.165) is 53.9 Å². The molecule has 5 aromatic rings. The van der Waals surface area contributed by atoms with E-state index >= 15 is 0 Å². The minimum atomic E-state index is -4.46. The second-order valence-electron chi connectivity index (χ2n) is 13.8. The number of sulfonamides is 1. The lowest BCUT2D eigenvalue weighted by atomic mass is 10.00. The number of benzene rings is 5. The van der Waals surface area contributed by atoms with E-state index in [2.05, 4.69) is 38.1 Å². The number of hydroxylamine groups is 2. The first-order chi connectivity index (χ1) is 27.0. The van der Waals surface area contributed by atoms with Gasteiger partial charge in [0.15, 0.2) is 5.69 Å². The number of carbonyl (C=O) groups is 1. The van der Waals surface area contributed by atoms with Crippen LogP contribution in [-0.4, -0.2) is 59.4 Å². The lowest BCUT2D eigenvalue weighted by Crippen LogP contribution is -2.35. The van der Waals surface area contributed by atoms with Crippen molar-refractivity contribution < 1.29 is 23.2 Å². The molecule has 56 heavy (non-hydrogen) atoms. The van der Waals surface area contributed by atoms with E-state index in [-0.39, 0.29) is 16.1 Å². The summed E-state index contributed by atoms with van der Waals surface area (Å²) < 4.78 is 34.7. The molecule has 1 saturated heterocycles. The molecule has 1 amide bonds. The lowest BCUT2D eigenvalue weighted by Gasteiger charge is -2.31. The van der Waals surface area contributed by atoms with Crippen LogP contribution in [0.4, 0.5) is 22.7 Å². The van der Waals surface area contributed by atoms with E-state index in [1.165, 1.54) is 12.1 Å². The van der Waals surface area contributed by atoms with Gasteiger partial charge in [0.2, 0.25) is 0 Å². The number of nitrogens with one attached hydrogen (secondary N) is 5. The number of ether oxygens (including phenoxy) is 1. The van der Waals surface area contributed by atoms with Gasteiger partial charge in [-0.3, -0.25) is 4.79 Å². The van der Waals surface area contributed by atoms with Gasteiger partial charge in [-0.25, -0.2) is 18.3 Å². The predicted molar refractivity (Wildman–Crippen MR) is 223 cm³/mol. The molecule has 14 heteroatoms. The van der Waals surface area contributed by atoms with Gasteiger partial charge in [0.1, 0.15) is 7.05 Å². The molecule has 0 radical (unpaired) electrons. The number of carbonyl (C=O) groups excluding carboxylic acids is 1. The molecular weight excluding hydrogens is 752 g/mol.